The third-order valence-electron chi connectivity index (χ3n) is 5.44. The molecule has 0 atom stereocenters. The van der Waals surface area contributed by atoms with E-state index < -0.39 is 0 Å². The van der Waals surface area contributed by atoms with Gasteiger partial charge in [0.1, 0.15) is 5.82 Å². The highest BCUT2D eigenvalue weighted by Gasteiger charge is 2.12. The summed E-state index contributed by atoms with van der Waals surface area (Å²) < 4.78 is 30.9. The molecule has 0 aromatic heterocycles. The summed E-state index contributed by atoms with van der Waals surface area (Å²) in [6.07, 6.45) is 1.43. The molecule has 0 amide bonds. The number of guanidine groups is 1. The van der Waals surface area contributed by atoms with Crippen LogP contribution in [0.3, 0.4) is 0 Å². The van der Waals surface area contributed by atoms with Crippen LogP contribution in [0.1, 0.15) is 12.0 Å². The van der Waals surface area contributed by atoms with Crippen LogP contribution in [-0.2, 0) is 11.2 Å². The summed E-state index contributed by atoms with van der Waals surface area (Å²) in [7, 11) is 0. The third-order valence-corrected chi connectivity index (χ3v) is 5.44. The van der Waals surface area contributed by atoms with Crippen molar-refractivity contribution >= 4 is 35.6 Å². The summed E-state index contributed by atoms with van der Waals surface area (Å²) in [6, 6.07) is 12.6. The lowest BCUT2D eigenvalue weighted by Crippen LogP contribution is -2.38. The number of aliphatic imine (C=N–C) groups is 1. The van der Waals surface area contributed by atoms with E-state index in [2.05, 4.69) is 15.5 Å². The first kappa shape index (κ1) is 25.5. The molecular formula is C24H32FIN4O3. The number of fused-ring (bicyclic) bond motifs is 1. The Labute approximate surface area is 211 Å². The van der Waals surface area contributed by atoms with Gasteiger partial charge in [-0.25, -0.2) is 4.39 Å². The average Bonchev–Trinajstić information content (AvgIpc) is 3.06. The number of ether oxygens (including phenoxy) is 3. The first-order valence-corrected chi connectivity index (χ1v) is 11.3. The second-order valence-corrected chi connectivity index (χ2v) is 7.79. The van der Waals surface area contributed by atoms with E-state index in [1.165, 1.54) is 6.07 Å². The molecule has 0 bridgehead atoms. The highest BCUT2D eigenvalue weighted by Crippen LogP contribution is 2.32. The van der Waals surface area contributed by atoms with E-state index in [4.69, 9.17) is 19.2 Å². The lowest BCUT2D eigenvalue weighted by atomic mass is 10.1. The van der Waals surface area contributed by atoms with Crippen LogP contribution in [0.15, 0.2) is 47.5 Å². The van der Waals surface area contributed by atoms with Crippen LogP contribution in [0, 0.1) is 5.82 Å². The molecule has 0 radical (unpaired) electrons. The van der Waals surface area contributed by atoms with E-state index in [1.807, 2.05) is 30.3 Å². The molecule has 180 valence electrons. The van der Waals surface area contributed by atoms with Crippen molar-refractivity contribution in [3.8, 4) is 11.5 Å². The first-order chi connectivity index (χ1) is 15.8. The predicted octanol–water partition coefficient (Wildman–Crippen LogP) is 3.54. The minimum atomic E-state index is -0.184. The Bertz CT molecular complexity index is 909. The Kier molecular flexibility index (Phi) is 10.5. The van der Waals surface area contributed by atoms with Crippen LogP contribution in [0.25, 0.3) is 0 Å². The summed E-state index contributed by atoms with van der Waals surface area (Å²) in [5, 5.41) is 6.69. The molecule has 4 rings (SSSR count). The van der Waals surface area contributed by atoms with E-state index >= 15 is 0 Å². The van der Waals surface area contributed by atoms with E-state index in [9.17, 15) is 4.39 Å². The number of rotatable bonds is 7. The van der Waals surface area contributed by atoms with Gasteiger partial charge < -0.3 is 24.8 Å². The number of anilines is 1. The van der Waals surface area contributed by atoms with Crippen LogP contribution in [0.5, 0.6) is 11.5 Å². The molecule has 9 heteroatoms. The number of halogens is 2. The molecular weight excluding hydrogens is 538 g/mol. The quantitative estimate of drug-likeness (QED) is 0.302. The minimum Gasteiger partial charge on any atom is -0.490 e. The molecule has 7 nitrogen and oxygen atoms in total. The van der Waals surface area contributed by atoms with Crippen molar-refractivity contribution in [3.63, 3.8) is 0 Å². The van der Waals surface area contributed by atoms with E-state index in [0.717, 1.165) is 56.5 Å². The fourth-order valence-corrected chi connectivity index (χ4v) is 3.66. The van der Waals surface area contributed by atoms with Gasteiger partial charge in [0, 0.05) is 44.4 Å². The van der Waals surface area contributed by atoms with Gasteiger partial charge in [-0.05, 0) is 30.2 Å². The molecule has 0 unspecified atom stereocenters. The van der Waals surface area contributed by atoms with E-state index in [1.54, 1.807) is 6.07 Å². The SMILES string of the molecule is Fc1ccccc1CCNC(=NCCN1CCOCC1)Nc1ccc2c(c1)OCCCO2.I. The van der Waals surface area contributed by atoms with Gasteiger partial charge in [0.05, 0.1) is 33.0 Å². The number of morpholine rings is 1. The lowest BCUT2D eigenvalue weighted by molar-refractivity contribution is 0.0394. The summed E-state index contributed by atoms with van der Waals surface area (Å²) >= 11 is 0. The molecule has 1 saturated heterocycles. The zero-order valence-electron chi connectivity index (χ0n) is 18.7. The van der Waals surface area contributed by atoms with Crippen LogP contribution >= 0.6 is 24.0 Å². The smallest absolute Gasteiger partial charge is 0.195 e. The summed E-state index contributed by atoms with van der Waals surface area (Å²) in [6.45, 7) is 6.78. The average molecular weight is 570 g/mol. The van der Waals surface area contributed by atoms with Gasteiger partial charge in [-0.1, -0.05) is 18.2 Å². The van der Waals surface area contributed by atoms with Gasteiger partial charge in [0.25, 0.3) is 0 Å². The summed E-state index contributed by atoms with van der Waals surface area (Å²) in [4.78, 5) is 7.09. The van der Waals surface area contributed by atoms with Crippen molar-refractivity contribution in [2.75, 3.05) is 64.5 Å². The second-order valence-electron chi connectivity index (χ2n) is 7.79. The molecule has 2 aliphatic heterocycles. The number of nitrogens with one attached hydrogen (secondary N) is 2. The maximum Gasteiger partial charge on any atom is 0.195 e. The zero-order valence-corrected chi connectivity index (χ0v) is 21.1. The van der Waals surface area contributed by atoms with Crippen molar-refractivity contribution < 1.29 is 18.6 Å². The molecule has 33 heavy (non-hydrogen) atoms. The standard InChI is InChI=1S/C24H31FN4O3.HI/c25-21-5-2-1-4-19(21)8-9-26-24(27-10-11-29-12-16-30-17-13-29)28-20-6-7-22-23(18-20)32-15-3-14-31-22;/h1-2,4-7,18H,3,8-17H2,(H2,26,27,28);1H. The van der Waals surface area contributed by atoms with Gasteiger partial charge in [-0.3, -0.25) is 9.89 Å². The number of benzene rings is 2. The molecule has 2 aliphatic rings. The fraction of sp³-hybridized carbons (Fsp3) is 0.458. The van der Waals surface area contributed by atoms with E-state index in [0.29, 0.717) is 44.2 Å². The van der Waals surface area contributed by atoms with Gasteiger partial charge in [0.2, 0.25) is 0 Å². The van der Waals surface area contributed by atoms with Gasteiger partial charge in [-0.2, -0.15) is 0 Å². The van der Waals surface area contributed by atoms with Crippen molar-refractivity contribution in [1.29, 1.82) is 0 Å². The Hall–Kier alpha value is -2.11. The molecule has 2 heterocycles. The van der Waals surface area contributed by atoms with E-state index in [-0.39, 0.29) is 29.8 Å². The first-order valence-electron chi connectivity index (χ1n) is 11.3. The minimum absolute atomic E-state index is 0. The highest BCUT2D eigenvalue weighted by atomic mass is 127. The maximum atomic E-state index is 13.9. The summed E-state index contributed by atoms with van der Waals surface area (Å²) in [5.74, 6) is 1.96. The van der Waals surface area contributed by atoms with Crippen molar-refractivity contribution in [3.05, 3.63) is 53.8 Å². The maximum absolute atomic E-state index is 13.9. The van der Waals surface area contributed by atoms with Crippen LogP contribution in [0.2, 0.25) is 0 Å². The number of hydrogen-bond acceptors (Lipinski definition) is 5. The van der Waals surface area contributed by atoms with Crippen molar-refractivity contribution in [1.82, 2.24) is 10.2 Å². The Morgan fingerprint density at radius 1 is 1.00 bits per heavy atom. The Balaban J connectivity index is 0.00000306. The van der Waals surface area contributed by atoms with Crippen molar-refractivity contribution in [2.24, 2.45) is 4.99 Å². The molecule has 0 saturated carbocycles. The largest absolute Gasteiger partial charge is 0.490 e. The van der Waals surface area contributed by atoms with Crippen LogP contribution < -0.4 is 20.1 Å². The van der Waals surface area contributed by atoms with Gasteiger partial charge >= 0.3 is 0 Å². The third kappa shape index (κ3) is 8.01. The van der Waals surface area contributed by atoms with Crippen molar-refractivity contribution in [2.45, 2.75) is 12.8 Å². The Morgan fingerprint density at radius 3 is 2.61 bits per heavy atom. The molecule has 0 spiro atoms. The topological polar surface area (TPSA) is 67.4 Å². The number of nitrogens with zero attached hydrogens (tertiary/aromatic N) is 2. The fourth-order valence-electron chi connectivity index (χ4n) is 3.66. The molecule has 2 N–H and O–H groups in total. The second kappa shape index (κ2) is 13.6. The van der Waals surface area contributed by atoms with Crippen LogP contribution in [0.4, 0.5) is 10.1 Å². The van der Waals surface area contributed by atoms with Gasteiger partial charge in [-0.15, -0.1) is 24.0 Å². The number of hydrogen-bond donors (Lipinski definition) is 2. The normalized spacial score (nSPS) is 16.5. The molecule has 2 aromatic rings. The molecule has 2 aromatic carbocycles. The monoisotopic (exact) mass is 570 g/mol. The predicted molar refractivity (Wildman–Crippen MR) is 139 cm³/mol. The zero-order chi connectivity index (χ0) is 22.0. The van der Waals surface area contributed by atoms with Crippen LogP contribution in [-0.4, -0.2) is 70.0 Å². The molecule has 0 aliphatic carbocycles. The Morgan fingerprint density at radius 2 is 1.79 bits per heavy atom. The molecule has 1 fully saturated rings. The lowest BCUT2D eigenvalue weighted by Gasteiger charge is -2.25. The highest BCUT2D eigenvalue weighted by molar-refractivity contribution is 14.0. The van der Waals surface area contributed by atoms with Gasteiger partial charge in [0.15, 0.2) is 17.5 Å². The summed E-state index contributed by atoms with van der Waals surface area (Å²) in [5.41, 5.74) is 1.54.